The monoisotopic (exact) mass is 379 g/mol. The van der Waals surface area contributed by atoms with Gasteiger partial charge in [0.25, 0.3) is 0 Å². The van der Waals surface area contributed by atoms with Crippen molar-refractivity contribution >= 4 is 23.5 Å². The van der Waals surface area contributed by atoms with Gasteiger partial charge in [-0.2, -0.15) is 4.98 Å². The van der Waals surface area contributed by atoms with Crippen molar-refractivity contribution in [3.8, 4) is 11.4 Å². The fourth-order valence-electron chi connectivity index (χ4n) is 2.49. The Hall–Kier alpha value is -2.41. The minimum absolute atomic E-state index is 0.0400. The number of amides is 1. The van der Waals surface area contributed by atoms with Gasteiger partial charge < -0.3 is 14.5 Å². The highest BCUT2D eigenvalue weighted by Gasteiger charge is 2.18. The zero-order valence-corrected chi connectivity index (χ0v) is 15.6. The lowest BCUT2D eigenvalue weighted by molar-refractivity contribution is -0.139. The maximum Gasteiger partial charge on any atom is 0.305 e. The quantitative estimate of drug-likeness (QED) is 0.717. The van der Waals surface area contributed by atoms with Gasteiger partial charge >= 0.3 is 5.97 Å². The van der Waals surface area contributed by atoms with E-state index in [4.69, 9.17) is 21.2 Å². The van der Waals surface area contributed by atoms with Crippen LogP contribution >= 0.6 is 11.6 Å². The van der Waals surface area contributed by atoms with E-state index in [1.807, 2.05) is 26.0 Å². The maximum atomic E-state index is 12.3. The molecule has 2 aromatic rings. The molecule has 8 heteroatoms. The number of carbonyl (C=O) groups is 2. The second-order valence-corrected chi connectivity index (χ2v) is 6.63. The summed E-state index contributed by atoms with van der Waals surface area (Å²) in [5.41, 5.74) is 0.806. The molecule has 1 aromatic heterocycles. The molecular formula is C18H22ClN3O4. The summed E-state index contributed by atoms with van der Waals surface area (Å²) in [6.07, 6.45) is 1.28. The first-order chi connectivity index (χ1) is 12.4. The summed E-state index contributed by atoms with van der Waals surface area (Å²) in [6, 6.07) is 7.08. The lowest BCUT2D eigenvalue weighted by atomic mass is 10.2. The van der Waals surface area contributed by atoms with E-state index in [1.54, 1.807) is 17.0 Å². The van der Waals surface area contributed by atoms with E-state index >= 15 is 0 Å². The van der Waals surface area contributed by atoms with Crippen LogP contribution in [0.4, 0.5) is 0 Å². The molecule has 0 saturated carbocycles. The van der Waals surface area contributed by atoms with Crippen molar-refractivity contribution < 1.29 is 19.2 Å². The Morgan fingerprint density at radius 2 is 1.92 bits per heavy atom. The van der Waals surface area contributed by atoms with Crippen LogP contribution < -0.4 is 0 Å². The van der Waals surface area contributed by atoms with Crippen LogP contribution in [0.15, 0.2) is 28.8 Å². The molecule has 7 nitrogen and oxygen atoms in total. The number of halogens is 1. The Kier molecular flexibility index (Phi) is 7.15. The Balaban J connectivity index is 1.86. The molecule has 0 aliphatic rings. The molecule has 0 saturated heterocycles. The van der Waals surface area contributed by atoms with Crippen molar-refractivity contribution in [2.24, 2.45) is 0 Å². The number of carboxylic acid groups (broad SMARTS) is 1. The van der Waals surface area contributed by atoms with Crippen LogP contribution in [0.25, 0.3) is 11.4 Å². The number of carboxylic acids is 1. The number of aromatic nitrogens is 2. The lowest BCUT2D eigenvalue weighted by Crippen LogP contribution is -2.38. The predicted molar refractivity (Wildman–Crippen MR) is 96.8 cm³/mol. The number of benzene rings is 1. The SMILES string of the molecule is CC(C)N(CCC(=O)O)C(=O)CCCc1nc(-c2ccc(Cl)cc2)no1. The van der Waals surface area contributed by atoms with E-state index in [2.05, 4.69) is 10.1 Å². The van der Waals surface area contributed by atoms with Crippen molar-refractivity contribution in [2.45, 2.75) is 45.6 Å². The summed E-state index contributed by atoms with van der Waals surface area (Å²) in [5, 5.41) is 13.4. The molecule has 0 atom stereocenters. The van der Waals surface area contributed by atoms with Gasteiger partial charge in [0.2, 0.25) is 17.6 Å². The molecule has 0 spiro atoms. The fourth-order valence-corrected chi connectivity index (χ4v) is 2.62. The van der Waals surface area contributed by atoms with Gasteiger partial charge in [-0.1, -0.05) is 16.8 Å². The van der Waals surface area contributed by atoms with Gasteiger partial charge in [-0.3, -0.25) is 9.59 Å². The Morgan fingerprint density at radius 1 is 1.23 bits per heavy atom. The smallest absolute Gasteiger partial charge is 0.305 e. The van der Waals surface area contributed by atoms with Crippen molar-refractivity contribution in [3.63, 3.8) is 0 Å². The predicted octanol–water partition coefficient (Wildman–Crippen LogP) is 3.42. The van der Waals surface area contributed by atoms with Crippen LogP contribution in [0.3, 0.4) is 0 Å². The van der Waals surface area contributed by atoms with E-state index in [9.17, 15) is 9.59 Å². The van der Waals surface area contributed by atoms with Gasteiger partial charge in [0, 0.05) is 36.0 Å². The molecule has 0 radical (unpaired) electrons. The van der Waals surface area contributed by atoms with E-state index in [1.165, 1.54) is 0 Å². The highest BCUT2D eigenvalue weighted by atomic mass is 35.5. The van der Waals surface area contributed by atoms with Crippen LogP contribution in [-0.4, -0.2) is 44.6 Å². The molecule has 26 heavy (non-hydrogen) atoms. The molecule has 0 aliphatic heterocycles. The largest absolute Gasteiger partial charge is 0.481 e. The minimum Gasteiger partial charge on any atom is -0.481 e. The summed E-state index contributed by atoms with van der Waals surface area (Å²) in [6.45, 7) is 3.96. The number of hydrogen-bond donors (Lipinski definition) is 1. The van der Waals surface area contributed by atoms with Gasteiger partial charge in [0.15, 0.2) is 0 Å². The number of aryl methyl sites for hydroxylation is 1. The zero-order chi connectivity index (χ0) is 19.1. The summed E-state index contributed by atoms with van der Waals surface area (Å²) in [4.78, 5) is 28.9. The van der Waals surface area contributed by atoms with Crippen molar-refractivity contribution in [2.75, 3.05) is 6.54 Å². The first-order valence-corrected chi connectivity index (χ1v) is 8.84. The van der Waals surface area contributed by atoms with E-state index in [0.29, 0.717) is 36.0 Å². The molecule has 0 aliphatic carbocycles. The van der Waals surface area contributed by atoms with Crippen LogP contribution in [0.5, 0.6) is 0 Å². The maximum absolute atomic E-state index is 12.3. The zero-order valence-electron chi connectivity index (χ0n) is 14.8. The number of nitrogens with zero attached hydrogens (tertiary/aromatic N) is 3. The number of hydrogen-bond acceptors (Lipinski definition) is 5. The van der Waals surface area contributed by atoms with Crippen LogP contribution in [0.2, 0.25) is 5.02 Å². The van der Waals surface area contributed by atoms with Crippen LogP contribution in [0, 0.1) is 0 Å². The molecule has 140 valence electrons. The second kappa shape index (κ2) is 9.33. The number of carbonyl (C=O) groups excluding carboxylic acids is 1. The Labute approximate surface area is 157 Å². The van der Waals surface area contributed by atoms with Crippen molar-refractivity contribution in [3.05, 3.63) is 35.2 Å². The topological polar surface area (TPSA) is 96.5 Å². The average molecular weight is 380 g/mol. The first-order valence-electron chi connectivity index (χ1n) is 8.46. The minimum atomic E-state index is -0.913. The normalized spacial score (nSPS) is 10.9. The van der Waals surface area contributed by atoms with E-state index < -0.39 is 5.97 Å². The molecule has 0 bridgehead atoms. The highest BCUT2D eigenvalue weighted by Crippen LogP contribution is 2.19. The molecular weight excluding hydrogens is 358 g/mol. The summed E-state index contributed by atoms with van der Waals surface area (Å²) < 4.78 is 5.22. The van der Waals surface area contributed by atoms with Crippen molar-refractivity contribution in [1.29, 1.82) is 0 Å². The third-order valence-electron chi connectivity index (χ3n) is 3.86. The standard InChI is InChI=1S/C18H22ClN3O4/c1-12(2)22(11-10-17(24)25)16(23)5-3-4-15-20-18(21-26-15)13-6-8-14(19)9-7-13/h6-9,12H,3-5,10-11H2,1-2H3,(H,24,25). The van der Waals surface area contributed by atoms with Gasteiger partial charge in [-0.25, -0.2) is 0 Å². The number of aliphatic carboxylic acids is 1. The average Bonchev–Trinajstić information content (AvgIpc) is 3.04. The molecule has 0 fully saturated rings. The van der Waals surface area contributed by atoms with Gasteiger partial charge in [0.1, 0.15) is 0 Å². The summed E-state index contributed by atoms with van der Waals surface area (Å²) >= 11 is 5.86. The van der Waals surface area contributed by atoms with Crippen LogP contribution in [-0.2, 0) is 16.0 Å². The second-order valence-electron chi connectivity index (χ2n) is 6.20. The van der Waals surface area contributed by atoms with Gasteiger partial charge in [-0.05, 0) is 44.5 Å². The molecule has 0 unspecified atom stereocenters. The molecule has 1 N–H and O–H groups in total. The molecule has 1 aromatic carbocycles. The fraction of sp³-hybridized carbons (Fsp3) is 0.444. The molecule has 2 rings (SSSR count). The Morgan fingerprint density at radius 3 is 2.54 bits per heavy atom. The Bertz CT molecular complexity index is 743. The number of rotatable bonds is 9. The van der Waals surface area contributed by atoms with E-state index in [-0.39, 0.29) is 24.9 Å². The third kappa shape index (κ3) is 5.84. The summed E-state index contributed by atoms with van der Waals surface area (Å²) in [7, 11) is 0. The first kappa shape index (κ1) is 19.9. The van der Waals surface area contributed by atoms with Gasteiger partial charge in [0.05, 0.1) is 6.42 Å². The molecule has 1 amide bonds. The van der Waals surface area contributed by atoms with Crippen LogP contribution in [0.1, 0.15) is 39.0 Å². The third-order valence-corrected chi connectivity index (χ3v) is 4.11. The van der Waals surface area contributed by atoms with E-state index in [0.717, 1.165) is 5.56 Å². The lowest BCUT2D eigenvalue weighted by Gasteiger charge is -2.26. The highest BCUT2D eigenvalue weighted by molar-refractivity contribution is 6.30. The van der Waals surface area contributed by atoms with Gasteiger partial charge in [-0.15, -0.1) is 0 Å². The van der Waals surface area contributed by atoms with Crippen molar-refractivity contribution in [1.82, 2.24) is 15.0 Å². The summed E-state index contributed by atoms with van der Waals surface area (Å²) in [5.74, 6) is -0.0413. The molecule has 1 heterocycles.